The van der Waals surface area contributed by atoms with Crippen LogP contribution in [0.4, 0.5) is 16.2 Å². The van der Waals surface area contributed by atoms with Crippen LogP contribution in [0.5, 0.6) is 0 Å². The Morgan fingerprint density at radius 3 is 2.55 bits per heavy atom. The molecular weight excluding hydrogens is 284 g/mol. The van der Waals surface area contributed by atoms with Crippen molar-refractivity contribution < 1.29 is 19.4 Å². The summed E-state index contributed by atoms with van der Waals surface area (Å²) in [6.07, 6.45) is -0.158. The number of carbonyl (C=O) groups excluding carboxylic acids is 1. The van der Waals surface area contributed by atoms with E-state index in [-0.39, 0.29) is 12.8 Å². The van der Waals surface area contributed by atoms with E-state index < -0.39 is 23.2 Å². The van der Waals surface area contributed by atoms with Crippen molar-refractivity contribution in [1.82, 2.24) is 0 Å². The highest BCUT2D eigenvalue weighted by Gasteiger charge is 2.52. The molecule has 1 aromatic carbocycles. The first-order chi connectivity index (χ1) is 10.1. The predicted molar refractivity (Wildman–Crippen MR) is 83.9 cm³/mol. The second-order valence-electron chi connectivity index (χ2n) is 6.57. The fraction of sp³-hybridized carbons (Fsp3) is 0.500. The van der Waals surface area contributed by atoms with E-state index >= 15 is 0 Å². The molecule has 6 nitrogen and oxygen atoms in total. The summed E-state index contributed by atoms with van der Waals surface area (Å²) in [7, 11) is 0. The van der Waals surface area contributed by atoms with Gasteiger partial charge >= 0.3 is 12.1 Å². The van der Waals surface area contributed by atoms with Crippen LogP contribution >= 0.6 is 0 Å². The minimum absolute atomic E-state index is 0.221. The summed E-state index contributed by atoms with van der Waals surface area (Å²) in [5.74, 6) is -1.05. The van der Waals surface area contributed by atoms with E-state index in [2.05, 4.69) is 0 Å². The third kappa shape index (κ3) is 2.61. The number of nitrogen functional groups attached to an aromatic ring is 1. The van der Waals surface area contributed by atoms with Crippen LogP contribution in [0.2, 0.25) is 0 Å². The molecule has 22 heavy (non-hydrogen) atoms. The summed E-state index contributed by atoms with van der Waals surface area (Å²) in [5, 5.41) is 9.74. The first-order valence-corrected chi connectivity index (χ1v) is 7.26. The molecule has 3 N–H and O–H groups in total. The Kier molecular flexibility index (Phi) is 3.81. The number of benzene rings is 1. The monoisotopic (exact) mass is 306 g/mol. The number of carbonyl (C=O) groups is 2. The number of rotatable bonds is 2. The number of carboxylic acids is 1. The highest BCUT2D eigenvalue weighted by atomic mass is 16.6. The number of ether oxygens (including phenoxy) is 1. The van der Waals surface area contributed by atoms with Gasteiger partial charge in [-0.1, -0.05) is 6.92 Å². The Balaban J connectivity index is 2.54. The van der Waals surface area contributed by atoms with E-state index in [4.69, 9.17) is 10.5 Å². The van der Waals surface area contributed by atoms with Crippen molar-refractivity contribution >= 4 is 23.4 Å². The fourth-order valence-corrected chi connectivity index (χ4v) is 2.78. The highest BCUT2D eigenvalue weighted by Crippen LogP contribution is 2.42. The van der Waals surface area contributed by atoms with Gasteiger partial charge in [-0.25, -0.2) is 9.59 Å². The molecule has 0 fully saturated rings. The minimum atomic E-state index is -1.33. The average Bonchev–Trinajstić information content (AvgIpc) is 2.71. The molecular formula is C16H22N2O4. The van der Waals surface area contributed by atoms with Gasteiger partial charge in [-0.15, -0.1) is 0 Å². The molecule has 0 saturated carbocycles. The van der Waals surface area contributed by atoms with Gasteiger partial charge in [0.15, 0.2) is 5.54 Å². The van der Waals surface area contributed by atoms with Crippen molar-refractivity contribution in [3.05, 3.63) is 23.8 Å². The van der Waals surface area contributed by atoms with Crippen molar-refractivity contribution in [2.75, 3.05) is 10.6 Å². The van der Waals surface area contributed by atoms with Gasteiger partial charge in [0.1, 0.15) is 5.60 Å². The number of nitrogens with two attached hydrogens (primary N) is 1. The maximum Gasteiger partial charge on any atom is 0.415 e. The van der Waals surface area contributed by atoms with Crippen LogP contribution in [0.15, 0.2) is 18.2 Å². The summed E-state index contributed by atoms with van der Waals surface area (Å²) < 4.78 is 5.41. The quantitative estimate of drug-likeness (QED) is 0.820. The van der Waals surface area contributed by atoms with Gasteiger partial charge in [0, 0.05) is 12.1 Å². The van der Waals surface area contributed by atoms with Crippen molar-refractivity contribution in [3.63, 3.8) is 0 Å². The number of carboxylic acid groups (broad SMARTS) is 1. The molecule has 6 heteroatoms. The lowest BCUT2D eigenvalue weighted by Crippen LogP contribution is -2.56. The van der Waals surface area contributed by atoms with E-state index in [1.54, 1.807) is 45.9 Å². The predicted octanol–water partition coefficient (Wildman–Crippen LogP) is 2.80. The molecule has 1 aromatic rings. The Bertz CT molecular complexity index is 621. The van der Waals surface area contributed by atoms with Crippen LogP contribution in [0.3, 0.4) is 0 Å². The molecule has 1 aliphatic heterocycles. The Morgan fingerprint density at radius 1 is 1.41 bits per heavy atom. The summed E-state index contributed by atoms with van der Waals surface area (Å²) in [6.45, 7) is 7.00. The Hall–Kier alpha value is -2.24. The standard InChI is InChI=1S/C16H22N2O4/c1-5-16(13(19)20)9-10-8-11(17)6-7-12(10)18(16)14(21)22-15(2,3)4/h6-8H,5,9,17H2,1-4H3,(H,19,20). The van der Waals surface area contributed by atoms with Gasteiger partial charge in [0.2, 0.25) is 0 Å². The zero-order chi connectivity index (χ0) is 16.7. The molecule has 0 aliphatic carbocycles. The number of anilines is 2. The topological polar surface area (TPSA) is 92.9 Å². The van der Waals surface area contributed by atoms with Gasteiger partial charge in [-0.3, -0.25) is 4.90 Å². The number of hydrogen-bond donors (Lipinski definition) is 2. The first-order valence-electron chi connectivity index (χ1n) is 7.26. The van der Waals surface area contributed by atoms with E-state index in [0.29, 0.717) is 11.4 Å². The van der Waals surface area contributed by atoms with Crippen molar-refractivity contribution in [2.24, 2.45) is 0 Å². The second-order valence-corrected chi connectivity index (χ2v) is 6.57. The van der Waals surface area contributed by atoms with Crippen LogP contribution in [0.25, 0.3) is 0 Å². The van der Waals surface area contributed by atoms with Crippen molar-refractivity contribution in [2.45, 2.75) is 51.7 Å². The summed E-state index contributed by atoms with van der Waals surface area (Å²) >= 11 is 0. The number of fused-ring (bicyclic) bond motifs is 1. The molecule has 0 aromatic heterocycles. The highest BCUT2D eigenvalue weighted by molar-refractivity contribution is 6.02. The lowest BCUT2D eigenvalue weighted by atomic mass is 9.91. The van der Waals surface area contributed by atoms with Gasteiger partial charge in [-0.2, -0.15) is 0 Å². The maximum absolute atomic E-state index is 12.6. The summed E-state index contributed by atoms with van der Waals surface area (Å²) in [4.78, 5) is 25.8. The number of aliphatic carboxylic acids is 1. The SMILES string of the molecule is CCC1(C(=O)O)Cc2cc(N)ccc2N1C(=O)OC(C)(C)C. The minimum Gasteiger partial charge on any atom is -0.479 e. The smallest absolute Gasteiger partial charge is 0.415 e. The largest absolute Gasteiger partial charge is 0.479 e. The van der Waals surface area contributed by atoms with Gasteiger partial charge in [0.05, 0.1) is 5.69 Å². The van der Waals surface area contributed by atoms with E-state index in [0.717, 1.165) is 5.56 Å². The average molecular weight is 306 g/mol. The first kappa shape index (κ1) is 16.1. The molecule has 1 atom stereocenters. The maximum atomic E-state index is 12.6. The van der Waals surface area contributed by atoms with E-state index in [1.807, 2.05) is 0 Å². The molecule has 0 radical (unpaired) electrons. The Labute approximate surface area is 129 Å². The van der Waals surface area contributed by atoms with Gasteiger partial charge < -0.3 is 15.6 Å². The Morgan fingerprint density at radius 2 is 2.05 bits per heavy atom. The lowest BCUT2D eigenvalue weighted by molar-refractivity contribution is -0.143. The van der Waals surface area contributed by atoms with E-state index in [1.165, 1.54) is 4.90 Å². The van der Waals surface area contributed by atoms with E-state index in [9.17, 15) is 14.7 Å². The molecule has 0 saturated heterocycles. The third-order valence-electron chi connectivity index (χ3n) is 3.81. The van der Waals surface area contributed by atoms with Crippen molar-refractivity contribution in [1.29, 1.82) is 0 Å². The summed E-state index contributed by atoms with van der Waals surface area (Å²) in [6, 6.07) is 5.05. The normalized spacial score (nSPS) is 20.6. The lowest BCUT2D eigenvalue weighted by Gasteiger charge is -2.35. The van der Waals surface area contributed by atoms with Crippen LogP contribution in [0.1, 0.15) is 39.7 Å². The molecule has 1 amide bonds. The second kappa shape index (κ2) is 5.19. The molecule has 1 heterocycles. The zero-order valence-corrected chi connectivity index (χ0v) is 13.3. The van der Waals surface area contributed by atoms with Crippen LogP contribution < -0.4 is 10.6 Å². The molecule has 1 aliphatic rings. The van der Waals surface area contributed by atoms with Crippen molar-refractivity contribution in [3.8, 4) is 0 Å². The van der Waals surface area contributed by atoms with Gasteiger partial charge in [0.25, 0.3) is 0 Å². The van der Waals surface area contributed by atoms with Gasteiger partial charge in [-0.05, 0) is 51.0 Å². The fourth-order valence-electron chi connectivity index (χ4n) is 2.78. The molecule has 120 valence electrons. The number of amides is 1. The van der Waals surface area contributed by atoms with Crippen LogP contribution in [-0.4, -0.2) is 28.3 Å². The molecule has 0 spiro atoms. The number of nitrogens with zero attached hydrogens (tertiary/aromatic N) is 1. The zero-order valence-electron chi connectivity index (χ0n) is 13.3. The molecule has 2 rings (SSSR count). The molecule has 0 bridgehead atoms. The van der Waals surface area contributed by atoms with Crippen LogP contribution in [0, 0.1) is 0 Å². The number of hydrogen-bond acceptors (Lipinski definition) is 4. The third-order valence-corrected chi connectivity index (χ3v) is 3.81. The summed E-state index contributed by atoms with van der Waals surface area (Å²) in [5.41, 5.74) is 5.58. The van der Waals surface area contributed by atoms with Crippen LogP contribution in [-0.2, 0) is 16.0 Å². The molecule has 1 unspecified atom stereocenters.